The van der Waals surface area contributed by atoms with Crippen molar-refractivity contribution in [1.29, 1.82) is 0 Å². The normalized spacial score (nSPS) is 11.9. The van der Waals surface area contributed by atoms with Gasteiger partial charge in [-0.2, -0.15) is 8.78 Å². The van der Waals surface area contributed by atoms with E-state index in [1.54, 1.807) is 18.2 Å². The Morgan fingerprint density at radius 3 is 2.48 bits per heavy atom. The molecule has 0 fully saturated rings. The van der Waals surface area contributed by atoms with Gasteiger partial charge in [-0.25, -0.2) is 22.9 Å². The van der Waals surface area contributed by atoms with E-state index in [9.17, 15) is 22.0 Å². The third kappa shape index (κ3) is 3.81. The predicted molar refractivity (Wildman–Crippen MR) is 92.8 cm³/mol. The summed E-state index contributed by atoms with van der Waals surface area (Å²) >= 11 is 0. The molecule has 0 aliphatic heterocycles. The lowest BCUT2D eigenvalue weighted by Gasteiger charge is -2.09. The SMILES string of the molecule is CNS(=O)(=O)c1ccc(C(=O)OCc2nc3ccccc3n2C(F)F)cc1. The van der Waals surface area contributed by atoms with Crippen LogP contribution >= 0.6 is 0 Å². The maximum Gasteiger partial charge on any atom is 0.338 e. The highest BCUT2D eigenvalue weighted by molar-refractivity contribution is 7.89. The summed E-state index contributed by atoms with van der Waals surface area (Å²) in [5.41, 5.74) is 0.690. The molecular formula is C17H15F2N3O4S. The molecule has 1 heterocycles. The summed E-state index contributed by atoms with van der Waals surface area (Å²) in [4.78, 5) is 16.2. The number of nitrogens with one attached hydrogen (secondary N) is 1. The van der Waals surface area contributed by atoms with Crippen LogP contribution in [0.4, 0.5) is 8.78 Å². The minimum absolute atomic E-state index is 0.0129. The number of esters is 1. The number of ether oxygens (including phenoxy) is 1. The van der Waals surface area contributed by atoms with Crippen LogP contribution in [0.5, 0.6) is 0 Å². The summed E-state index contributed by atoms with van der Waals surface area (Å²) in [5, 5.41) is 0. The zero-order chi connectivity index (χ0) is 19.6. The number of hydrogen-bond acceptors (Lipinski definition) is 5. The second kappa shape index (κ2) is 7.41. The number of benzene rings is 2. The molecule has 3 aromatic rings. The summed E-state index contributed by atoms with van der Waals surface area (Å²) in [6.07, 6.45) is 0. The lowest BCUT2D eigenvalue weighted by molar-refractivity contribution is 0.0387. The van der Waals surface area contributed by atoms with Crippen LogP contribution in [0.25, 0.3) is 11.0 Å². The Kier molecular flexibility index (Phi) is 5.19. The second-order valence-electron chi connectivity index (χ2n) is 5.47. The van der Waals surface area contributed by atoms with Gasteiger partial charge in [-0.3, -0.25) is 4.57 Å². The van der Waals surface area contributed by atoms with E-state index in [0.717, 1.165) is 0 Å². The summed E-state index contributed by atoms with van der Waals surface area (Å²) < 4.78 is 58.0. The number of para-hydroxylation sites is 2. The van der Waals surface area contributed by atoms with Crippen molar-refractivity contribution in [2.24, 2.45) is 0 Å². The largest absolute Gasteiger partial charge is 0.454 e. The van der Waals surface area contributed by atoms with Gasteiger partial charge >= 0.3 is 12.5 Å². The number of halogens is 2. The highest BCUT2D eigenvalue weighted by atomic mass is 32.2. The summed E-state index contributed by atoms with van der Waals surface area (Å²) in [5.74, 6) is -0.870. The maximum atomic E-state index is 13.3. The van der Waals surface area contributed by atoms with Crippen molar-refractivity contribution in [3.05, 3.63) is 59.9 Å². The van der Waals surface area contributed by atoms with Crippen molar-refractivity contribution in [2.75, 3.05) is 7.05 Å². The molecule has 1 aromatic heterocycles. The molecule has 0 spiro atoms. The van der Waals surface area contributed by atoms with E-state index in [1.165, 1.54) is 37.4 Å². The number of sulfonamides is 1. The molecule has 0 aliphatic carbocycles. The van der Waals surface area contributed by atoms with E-state index in [1.807, 2.05) is 0 Å². The van der Waals surface area contributed by atoms with E-state index in [4.69, 9.17) is 4.74 Å². The summed E-state index contributed by atoms with van der Waals surface area (Å²) in [6.45, 7) is -3.29. The van der Waals surface area contributed by atoms with Crippen molar-refractivity contribution in [1.82, 2.24) is 14.3 Å². The van der Waals surface area contributed by atoms with Gasteiger partial charge in [0.2, 0.25) is 10.0 Å². The zero-order valence-electron chi connectivity index (χ0n) is 14.1. The number of aromatic nitrogens is 2. The van der Waals surface area contributed by atoms with E-state index in [2.05, 4.69) is 9.71 Å². The Bertz CT molecular complexity index is 1080. The van der Waals surface area contributed by atoms with Crippen molar-refractivity contribution < 1.29 is 26.7 Å². The fourth-order valence-electron chi connectivity index (χ4n) is 2.52. The van der Waals surface area contributed by atoms with Crippen LogP contribution in [-0.2, 0) is 21.4 Å². The first kappa shape index (κ1) is 18.9. The molecule has 0 amide bonds. The van der Waals surface area contributed by atoms with Gasteiger partial charge in [0.15, 0.2) is 5.82 Å². The Hall–Kier alpha value is -2.85. The van der Waals surface area contributed by atoms with Crippen molar-refractivity contribution >= 4 is 27.0 Å². The average molecular weight is 395 g/mol. The Balaban J connectivity index is 1.78. The van der Waals surface area contributed by atoms with Gasteiger partial charge in [-0.1, -0.05) is 12.1 Å². The average Bonchev–Trinajstić information content (AvgIpc) is 3.04. The molecule has 0 radical (unpaired) electrons. The fourth-order valence-corrected chi connectivity index (χ4v) is 3.25. The summed E-state index contributed by atoms with van der Waals surface area (Å²) in [6, 6.07) is 11.4. The quantitative estimate of drug-likeness (QED) is 0.648. The van der Waals surface area contributed by atoms with Gasteiger partial charge in [0.25, 0.3) is 0 Å². The first-order valence-corrected chi connectivity index (χ1v) is 9.26. The standard InChI is InChI=1S/C17H15F2N3O4S/c1-20-27(24,25)12-8-6-11(7-9-12)16(23)26-10-15-21-13-4-2-3-5-14(13)22(15)17(18)19/h2-9,17,20H,10H2,1H3. The van der Waals surface area contributed by atoms with Crippen molar-refractivity contribution in [2.45, 2.75) is 18.1 Å². The van der Waals surface area contributed by atoms with Crippen LogP contribution in [0, 0.1) is 0 Å². The van der Waals surface area contributed by atoms with Crippen molar-refractivity contribution in [3.8, 4) is 0 Å². The Morgan fingerprint density at radius 1 is 1.19 bits per heavy atom. The lowest BCUT2D eigenvalue weighted by atomic mass is 10.2. The molecule has 2 aromatic carbocycles. The van der Waals surface area contributed by atoms with Crippen molar-refractivity contribution in [3.63, 3.8) is 0 Å². The van der Waals surface area contributed by atoms with Crippen LogP contribution in [-0.4, -0.2) is 31.0 Å². The molecule has 0 aliphatic rings. The lowest BCUT2D eigenvalue weighted by Crippen LogP contribution is -2.18. The monoisotopic (exact) mass is 395 g/mol. The van der Waals surface area contributed by atoms with Crippen LogP contribution < -0.4 is 4.72 Å². The number of carbonyl (C=O) groups excluding carboxylic acids is 1. The maximum absolute atomic E-state index is 13.3. The second-order valence-corrected chi connectivity index (χ2v) is 7.36. The van der Waals surface area contributed by atoms with Gasteiger partial charge in [-0.05, 0) is 43.4 Å². The first-order valence-electron chi connectivity index (χ1n) is 7.78. The highest BCUT2D eigenvalue weighted by Gasteiger charge is 2.19. The van der Waals surface area contributed by atoms with Gasteiger partial charge < -0.3 is 4.74 Å². The number of imidazole rings is 1. The number of carbonyl (C=O) groups is 1. The van der Waals surface area contributed by atoms with Gasteiger partial charge in [-0.15, -0.1) is 0 Å². The molecule has 0 unspecified atom stereocenters. The molecule has 27 heavy (non-hydrogen) atoms. The number of alkyl halides is 2. The minimum atomic E-state index is -3.62. The van der Waals surface area contributed by atoms with E-state index in [-0.39, 0.29) is 21.8 Å². The van der Waals surface area contributed by atoms with E-state index >= 15 is 0 Å². The van der Waals surface area contributed by atoms with Crippen LogP contribution in [0.3, 0.4) is 0 Å². The molecule has 3 rings (SSSR count). The molecule has 0 saturated carbocycles. The number of fused-ring (bicyclic) bond motifs is 1. The molecule has 0 bridgehead atoms. The topological polar surface area (TPSA) is 90.3 Å². The van der Waals surface area contributed by atoms with Gasteiger partial charge in [0.1, 0.15) is 6.61 Å². The Morgan fingerprint density at radius 2 is 1.85 bits per heavy atom. The zero-order valence-corrected chi connectivity index (χ0v) is 14.9. The Labute approximate surface area is 153 Å². The van der Waals surface area contributed by atoms with E-state index in [0.29, 0.717) is 10.1 Å². The summed E-state index contributed by atoms with van der Waals surface area (Å²) in [7, 11) is -2.35. The number of rotatable bonds is 6. The highest BCUT2D eigenvalue weighted by Crippen LogP contribution is 2.23. The predicted octanol–water partition coefficient (Wildman–Crippen LogP) is 2.70. The molecule has 10 heteroatoms. The molecule has 0 atom stereocenters. The molecule has 0 saturated heterocycles. The fraction of sp³-hybridized carbons (Fsp3) is 0.176. The van der Waals surface area contributed by atoms with E-state index < -0.39 is 29.1 Å². The van der Waals surface area contributed by atoms with Crippen LogP contribution in [0.1, 0.15) is 22.7 Å². The third-order valence-electron chi connectivity index (χ3n) is 3.87. The number of hydrogen-bond donors (Lipinski definition) is 1. The smallest absolute Gasteiger partial charge is 0.338 e. The molecule has 142 valence electrons. The number of nitrogens with zero attached hydrogens (tertiary/aromatic N) is 2. The van der Waals surface area contributed by atoms with Gasteiger partial charge in [0, 0.05) is 0 Å². The molecular weight excluding hydrogens is 380 g/mol. The molecule has 1 N–H and O–H groups in total. The van der Waals surface area contributed by atoms with Crippen LogP contribution in [0.2, 0.25) is 0 Å². The third-order valence-corrected chi connectivity index (χ3v) is 5.30. The van der Waals surface area contributed by atoms with Crippen LogP contribution in [0.15, 0.2) is 53.4 Å². The van der Waals surface area contributed by atoms with Gasteiger partial charge in [0.05, 0.1) is 21.5 Å². The first-order chi connectivity index (χ1) is 12.8. The molecule has 7 nitrogen and oxygen atoms in total. The minimum Gasteiger partial charge on any atom is -0.454 e.